The maximum Gasteiger partial charge on any atom is 0.0485 e. The second-order valence-electron chi connectivity index (χ2n) is 4.73. The number of hydrogen-bond acceptors (Lipinski definition) is 0. The van der Waals surface area contributed by atoms with Gasteiger partial charge < -0.3 is 4.57 Å². The molecule has 0 fully saturated rings. The molecule has 0 radical (unpaired) electrons. The first kappa shape index (κ1) is 9.06. The molecule has 0 saturated heterocycles. The summed E-state index contributed by atoms with van der Waals surface area (Å²) in [5, 5.41) is 1.36. The Morgan fingerprint density at radius 3 is 2.53 bits per heavy atom. The van der Waals surface area contributed by atoms with Crippen molar-refractivity contribution in [3.05, 3.63) is 71.4 Å². The van der Waals surface area contributed by atoms with Crippen molar-refractivity contribution in [3.63, 3.8) is 0 Å². The second kappa shape index (κ2) is 3.24. The Labute approximate surface area is 100 Å². The molecule has 2 heterocycles. The minimum absolute atomic E-state index is 1.01. The fourth-order valence-corrected chi connectivity index (χ4v) is 2.85. The fraction of sp³-hybridized carbons (Fsp3) is 0.125. The molecule has 1 nitrogen and oxygen atoms in total. The third kappa shape index (κ3) is 1.26. The van der Waals surface area contributed by atoms with Gasteiger partial charge in [0.05, 0.1) is 0 Å². The van der Waals surface area contributed by atoms with Crippen LogP contribution >= 0.6 is 0 Å². The zero-order chi connectivity index (χ0) is 11.2. The van der Waals surface area contributed by atoms with E-state index in [4.69, 9.17) is 0 Å². The van der Waals surface area contributed by atoms with Crippen LogP contribution in [0.1, 0.15) is 16.8 Å². The summed E-state index contributed by atoms with van der Waals surface area (Å²) in [4.78, 5) is 0. The first-order chi connectivity index (χ1) is 8.42. The van der Waals surface area contributed by atoms with Gasteiger partial charge in [0, 0.05) is 24.2 Å². The molecule has 0 spiro atoms. The molecule has 4 rings (SSSR count). The highest BCUT2D eigenvalue weighted by Crippen LogP contribution is 2.28. The lowest BCUT2D eigenvalue weighted by molar-refractivity contribution is 0.741. The Morgan fingerprint density at radius 2 is 1.59 bits per heavy atom. The molecule has 2 aromatic carbocycles. The van der Waals surface area contributed by atoms with Crippen LogP contribution in [0.25, 0.3) is 10.9 Å². The molecule has 0 atom stereocenters. The summed E-state index contributed by atoms with van der Waals surface area (Å²) in [6.07, 6.45) is 1.06. The van der Waals surface area contributed by atoms with E-state index >= 15 is 0 Å². The van der Waals surface area contributed by atoms with E-state index < -0.39 is 0 Å². The number of rotatable bonds is 0. The number of nitrogens with zero attached hydrogens (tertiary/aromatic N) is 1. The predicted octanol–water partition coefficient (Wildman–Crippen LogP) is 3.59. The van der Waals surface area contributed by atoms with Crippen molar-refractivity contribution in [1.82, 2.24) is 4.57 Å². The highest BCUT2D eigenvalue weighted by Gasteiger charge is 2.16. The van der Waals surface area contributed by atoms with Crippen molar-refractivity contribution in [3.8, 4) is 0 Å². The minimum Gasteiger partial charge on any atom is -0.340 e. The fourth-order valence-electron chi connectivity index (χ4n) is 2.85. The van der Waals surface area contributed by atoms with Gasteiger partial charge in [0.2, 0.25) is 0 Å². The third-order valence-electron chi connectivity index (χ3n) is 3.71. The molecule has 0 amide bonds. The minimum atomic E-state index is 1.01. The molecular formula is C16H13N. The van der Waals surface area contributed by atoms with Gasteiger partial charge in [-0.1, -0.05) is 42.5 Å². The zero-order valence-corrected chi connectivity index (χ0v) is 9.56. The van der Waals surface area contributed by atoms with E-state index in [1.54, 1.807) is 0 Å². The van der Waals surface area contributed by atoms with Gasteiger partial charge in [-0.15, -0.1) is 0 Å². The van der Waals surface area contributed by atoms with Crippen LogP contribution in [0, 0.1) is 0 Å². The summed E-state index contributed by atoms with van der Waals surface area (Å²) in [7, 11) is 0. The summed E-state index contributed by atoms with van der Waals surface area (Å²) in [5.41, 5.74) is 5.73. The molecule has 0 saturated carbocycles. The Hall–Kier alpha value is -2.02. The highest BCUT2D eigenvalue weighted by atomic mass is 15.0. The maximum atomic E-state index is 2.44. The lowest BCUT2D eigenvalue weighted by Gasteiger charge is -2.19. The third-order valence-corrected chi connectivity index (χ3v) is 3.71. The smallest absolute Gasteiger partial charge is 0.0485 e. The molecule has 0 N–H and O–H groups in total. The van der Waals surface area contributed by atoms with Gasteiger partial charge in [0.15, 0.2) is 0 Å². The molecule has 0 unspecified atom stereocenters. The van der Waals surface area contributed by atoms with Gasteiger partial charge in [-0.05, 0) is 28.6 Å². The molecule has 17 heavy (non-hydrogen) atoms. The van der Waals surface area contributed by atoms with Crippen molar-refractivity contribution in [2.75, 3.05) is 0 Å². The van der Waals surface area contributed by atoms with Crippen LogP contribution in [-0.4, -0.2) is 4.57 Å². The Kier molecular flexibility index (Phi) is 1.72. The van der Waals surface area contributed by atoms with Crippen LogP contribution in [0.15, 0.2) is 54.6 Å². The van der Waals surface area contributed by atoms with Gasteiger partial charge in [-0.25, -0.2) is 0 Å². The van der Waals surface area contributed by atoms with Gasteiger partial charge >= 0.3 is 0 Å². The van der Waals surface area contributed by atoms with E-state index in [0.717, 1.165) is 13.0 Å². The van der Waals surface area contributed by atoms with Gasteiger partial charge in [-0.2, -0.15) is 0 Å². The molecule has 1 heteroatoms. The summed E-state index contributed by atoms with van der Waals surface area (Å²) in [6.45, 7) is 1.01. The van der Waals surface area contributed by atoms with Crippen molar-refractivity contribution in [2.24, 2.45) is 0 Å². The van der Waals surface area contributed by atoms with Crippen LogP contribution in [0.2, 0.25) is 0 Å². The normalized spacial score (nSPS) is 13.4. The van der Waals surface area contributed by atoms with E-state index in [1.165, 1.54) is 27.7 Å². The Balaban J connectivity index is 1.97. The largest absolute Gasteiger partial charge is 0.340 e. The van der Waals surface area contributed by atoms with Crippen LogP contribution in [0.4, 0.5) is 0 Å². The topological polar surface area (TPSA) is 4.93 Å². The second-order valence-corrected chi connectivity index (χ2v) is 4.73. The molecule has 3 aromatic rings. The average Bonchev–Trinajstić information content (AvgIpc) is 2.73. The van der Waals surface area contributed by atoms with Crippen LogP contribution < -0.4 is 0 Å². The van der Waals surface area contributed by atoms with E-state index in [9.17, 15) is 0 Å². The summed E-state index contributed by atoms with van der Waals surface area (Å²) in [6, 6.07) is 19.7. The maximum absolute atomic E-state index is 2.44. The number of fused-ring (bicyclic) bond motifs is 4. The number of aromatic nitrogens is 1. The summed E-state index contributed by atoms with van der Waals surface area (Å²) < 4.78 is 2.44. The highest BCUT2D eigenvalue weighted by molar-refractivity contribution is 5.81. The van der Waals surface area contributed by atoms with Crippen molar-refractivity contribution in [1.29, 1.82) is 0 Å². The first-order valence-electron chi connectivity index (χ1n) is 6.06. The monoisotopic (exact) mass is 219 g/mol. The number of hydrogen-bond donors (Lipinski definition) is 0. The standard InChI is InChI=1S/C16H13N/c1-2-7-14-11-17-15(9-12(14)5-1)10-13-6-3-4-8-16(13)17/h1-8,10H,9,11H2. The number of para-hydroxylation sites is 1. The van der Waals surface area contributed by atoms with Crippen LogP contribution in [0.5, 0.6) is 0 Å². The van der Waals surface area contributed by atoms with E-state index in [1.807, 2.05) is 0 Å². The van der Waals surface area contributed by atoms with E-state index in [2.05, 4.69) is 59.2 Å². The van der Waals surface area contributed by atoms with Crippen molar-refractivity contribution >= 4 is 10.9 Å². The average molecular weight is 219 g/mol. The lowest BCUT2D eigenvalue weighted by Crippen LogP contribution is -2.12. The molecular weight excluding hydrogens is 206 g/mol. The van der Waals surface area contributed by atoms with Gasteiger partial charge in [0.25, 0.3) is 0 Å². The SMILES string of the molecule is c1ccc2c(c1)Cc1cc3ccccc3n1C2. The van der Waals surface area contributed by atoms with Gasteiger partial charge in [-0.3, -0.25) is 0 Å². The van der Waals surface area contributed by atoms with E-state index in [0.29, 0.717) is 0 Å². The quantitative estimate of drug-likeness (QED) is 0.426. The van der Waals surface area contributed by atoms with Crippen LogP contribution in [0.3, 0.4) is 0 Å². The first-order valence-corrected chi connectivity index (χ1v) is 6.06. The molecule has 0 aliphatic carbocycles. The van der Waals surface area contributed by atoms with Crippen molar-refractivity contribution in [2.45, 2.75) is 13.0 Å². The predicted molar refractivity (Wildman–Crippen MR) is 70.3 cm³/mol. The summed E-state index contributed by atoms with van der Waals surface area (Å²) >= 11 is 0. The van der Waals surface area contributed by atoms with Gasteiger partial charge in [0.1, 0.15) is 0 Å². The number of benzene rings is 2. The zero-order valence-electron chi connectivity index (χ0n) is 9.56. The lowest BCUT2D eigenvalue weighted by atomic mass is 10.00. The van der Waals surface area contributed by atoms with E-state index in [-0.39, 0.29) is 0 Å². The molecule has 1 aromatic heterocycles. The van der Waals surface area contributed by atoms with Crippen molar-refractivity contribution < 1.29 is 0 Å². The Morgan fingerprint density at radius 1 is 0.824 bits per heavy atom. The van der Waals surface area contributed by atoms with Crippen LogP contribution in [-0.2, 0) is 13.0 Å². The molecule has 1 aliphatic rings. The molecule has 82 valence electrons. The molecule has 1 aliphatic heterocycles. The summed E-state index contributed by atoms with van der Waals surface area (Å²) in [5.74, 6) is 0. The Bertz CT molecular complexity index is 706. The molecule has 0 bridgehead atoms.